The predicted octanol–water partition coefficient (Wildman–Crippen LogP) is 2.40. The van der Waals surface area contributed by atoms with E-state index in [0.717, 1.165) is 12.1 Å². The summed E-state index contributed by atoms with van der Waals surface area (Å²) in [6.45, 7) is 0.671. The molecule has 0 bridgehead atoms. The highest BCUT2D eigenvalue weighted by Crippen LogP contribution is 2.29. The molecule has 1 aromatic carbocycles. The topological polar surface area (TPSA) is 86.7 Å². The van der Waals surface area contributed by atoms with Gasteiger partial charge in [0.05, 0.1) is 11.4 Å². The first kappa shape index (κ1) is 16.0. The van der Waals surface area contributed by atoms with E-state index in [1.165, 1.54) is 0 Å². The number of carboxylic acids is 1. The molecule has 2 amide bonds. The molecule has 6 nitrogen and oxygen atoms in total. The van der Waals surface area contributed by atoms with E-state index >= 15 is 0 Å². The molecule has 1 heterocycles. The maximum atomic E-state index is 11.9. The summed E-state index contributed by atoms with van der Waals surface area (Å²) in [4.78, 5) is 35.9. The number of hydrogen-bond acceptors (Lipinski definition) is 3. The molecule has 118 valence electrons. The largest absolute Gasteiger partial charge is 0.481 e. The summed E-state index contributed by atoms with van der Waals surface area (Å²) < 4.78 is 0. The van der Waals surface area contributed by atoms with Gasteiger partial charge in [-0.15, -0.1) is 0 Å². The van der Waals surface area contributed by atoms with Gasteiger partial charge in [0.1, 0.15) is 0 Å². The molecular weight excluding hydrogens is 284 g/mol. The number of nitrogens with zero attached hydrogens (tertiary/aromatic N) is 1. The number of carbonyl (C=O) groups excluding carboxylic acids is 2. The van der Waals surface area contributed by atoms with Crippen LogP contribution in [0.1, 0.15) is 38.5 Å². The van der Waals surface area contributed by atoms with Crippen molar-refractivity contribution in [2.45, 2.75) is 38.5 Å². The molecule has 0 aromatic heterocycles. The lowest BCUT2D eigenvalue weighted by Gasteiger charge is -2.19. The van der Waals surface area contributed by atoms with Crippen molar-refractivity contribution in [3.8, 4) is 0 Å². The van der Waals surface area contributed by atoms with Crippen molar-refractivity contribution in [3.63, 3.8) is 0 Å². The molecule has 1 aromatic rings. The van der Waals surface area contributed by atoms with Gasteiger partial charge in [0, 0.05) is 25.8 Å². The van der Waals surface area contributed by atoms with Gasteiger partial charge in [0.2, 0.25) is 11.8 Å². The van der Waals surface area contributed by atoms with Crippen molar-refractivity contribution < 1.29 is 19.5 Å². The number of carbonyl (C=O) groups is 3. The van der Waals surface area contributed by atoms with Crippen LogP contribution in [0.3, 0.4) is 0 Å². The second kappa shape index (κ2) is 7.59. The lowest BCUT2D eigenvalue weighted by Crippen LogP contribution is -2.25. The first-order chi connectivity index (χ1) is 10.6. The van der Waals surface area contributed by atoms with Crippen LogP contribution >= 0.6 is 0 Å². The smallest absolute Gasteiger partial charge is 0.303 e. The van der Waals surface area contributed by atoms with Crippen LogP contribution in [0.25, 0.3) is 0 Å². The molecule has 2 N–H and O–H groups in total. The van der Waals surface area contributed by atoms with E-state index in [4.69, 9.17) is 5.11 Å². The van der Waals surface area contributed by atoms with E-state index in [-0.39, 0.29) is 24.7 Å². The van der Waals surface area contributed by atoms with Gasteiger partial charge in [-0.25, -0.2) is 0 Å². The van der Waals surface area contributed by atoms with Crippen molar-refractivity contribution in [2.24, 2.45) is 0 Å². The van der Waals surface area contributed by atoms with Crippen LogP contribution in [0, 0.1) is 0 Å². The van der Waals surface area contributed by atoms with Crippen molar-refractivity contribution in [1.82, 2.24) is 0 Å². The molecule has 1 aliphatic heterocycles. The van der Waals surface area contributed by atoms with E-state index < -0.39 is 5.97 Å². The Morgan fingerprint density at radius 1 is 1.18 bits per heavy atom. The third-order valence-corrected chi connectivity index (χ3v) is 3.59. The molecule has 0 unspecified atom stereocenters. The van der Waals surface area contributed by atoms with E-state index in [1.807, 2.05) is 18.2 Å². The molecule has 0 atom stereocenters. The molecule has 22 heavy (non-hydrogen) atoms. The highest BCUT2D eigenvalue weighted by molar-refractivity contribution is 6.02. The summed E-state index contributed by atoms with van der Waals surface area (Å²) in [6, 6.07) is 7.24. The lowest BCUT2D eigenvalue weighted by atomic mass is 10.2. The number of unbranched alkanes of at least 4 members (excludes halogenated alkanes) is 1. The number of hydrogen-bond donors (Lipinski definition) is 2. The van der Waals surface area contributed by atoms with E-state index in [9.17, 15) is 14.4 Å². The number of aliphatic carboxylic acids is 1. The quantitative estimate of drug-likeness (QED) is 0.757. The average molecular weight is 304 g/mol. The number of amides is 2. The third-order valence-electron chi connectivity index (χ3n) is 3.59. The van der Waals surface area contributed by atoms with Gasteiger partial charge in [0.15, 0.2) is 0 Å². The number of rotatable bonds is 7. The van der Waals surface area contributed by atoms with Crippen LogP contribution in [0.2, 0.25) is 0 Å². The zero-order chi connectivity index (χ0) is 15.9. The maximum Gasteiger partial charge on any atom is 0.303 e. The minimum Gasteiger partial charge on any atom is -0.481 e. The van der Waals surface area contributed by atoms with Crippen LogP contribution in [-0.4, -0.2) is 29.4 Å². The molecule has 0 aliphatic carbocycles. The van der Waals surface area contributed by atoms with Gasteiger partial charge in [0.25, 0.3) is 0 Å². The Bertz CT molecular complexity index is 571. The summed E-state index contributed by atoms with van der Waals surface area (Å²) in [6.07, 6.45) is 2.73. The van der Waals surface area contributed by atoms with Crippen LogP contribution in [-0.2, 0) is 14.4 Å². The number of para-hydroxylation sites is 2. The molecule has 0 spiro atoms. The Hall–Kier alpha value is -2.37. The highest BCUT2D eigenvalue weighted by atomic mass is 16.4. The average Bonchev–Trinajstić information content (AvgIpc) is 2.90. The van der Waals surface area contributed by atoms with Crippen LogP contribution in [0.15, 0.2) is 24.3 Å². The maximum absolute atomic E-state index is 11.9. The standard InChI is InChI=1S/C16H20N2O4/c19-14(8-3-4-10-16(21)22)17-12-6-1-2-7-13(12)18-11-5-9-15(18)20/h1-2,6-7H,3-5,8-11H2,(H,17,19)(H,21,22). The molecule has 0 saturated carbocycles. The second-order valence-electron chi connectivity index (χ2n) is 5.32. The third kappa shape index (κ3) is 4.31. The Morgan fingerprint density at radius 2 is 1.91 bits per heavy atom. The Kier molecular flexibility index (Phi) is 5.52. The van der Waals surface area contributed by atoms with Gasteiger partial charge in [-0.1, -0.05) is 12.1 Å². The molecule has 1 saturated heterocycles. The number of anilines is 2. The minimum absolute atomic E-state index is 0.0724. The normalized spacial score (nSPS) is 14.2. The van der Waals surface area contributed by atoms with Gasteiger partial charge in [-0.05, 0) is 31.4 Å². The fourth-order valence-corrected chi connectivity index (χ4v) is 2.49. The molecule has 2 rings (SSSR count). The number of nitrogens with one attached hydrogen (secondary N) is 1. The molecule has 1 fully saturated rings. The van der Waals surface area contributed by atoms with Crippen molar-refractivity contribution in [1.29, 1.82) is 0 Å². The SMILES string of the molecule is O=C(O)CCCCC(=O)Nc1ccccc1N1CCCC1=O. The number of carboxylic acid groups (broad SMARTS) is 1. The summed E-state index contributed by atoms with van der Waals surface area (Å²) in [7, 11) is 0. The lowest BCUT2D eigenvalue weighted by molar-refractivity contribution is -0.137. The molecular formula is C16H20N2O4. The van der Waals surface area contributed by atoms with E-state index in [1.54, 1.807) is 11.0 Å². The fraction of sp³-hybridized carbons (Fsp3) is 0.438. The monoisotopic (exact) mass is 304 g/mol. The summed E-state index contributed by atoms with van der Waals surface area (Å²) >= 11 is 0. The minimum atomic E-state index is -0.849. The van der Waals surface area contributed by atoms with Crippen molar-refractivity contribution in [3.05, 3.63) is 24.3 Å². The Labute approximate surface area is 129 Å². The molecule has 0 radical (unpaired) electrons. The molecule has 1 aliphatic rings. The second-order valence-corrected chi connectivity index (χ2v) is 5.32. The van der Waals surface area contributed by atoms with Gasteiger partial charge < -0.3 is 15.3 Å². The van der Waals surface area contributed by atoms with Gasteiger partial charge >= 0.3 is 5.97 Å². The first-order valence-electron chi connectivity index (χ1n) is 7.49. The van der Waals surface area contributed by atoms with Gasteiger partial charge in [-0.2, -0.15) is 0 Å². The zero-order valence-corrected chi connectivity index (χ0v) is 12.4. The Morgan fingerprint density at radius 3 is 2.59 bits per heavy atom. The van der Waals surface area contributed by atoms with Gasteiger partial charge in [-0.3, -0.25) is 14.4 Å². The van der Waals surface area contributed by atoms with Crippen molar-refractivity contribution in [2.75, 3.05) is 16.8 Å². The van der Waals surface area contributed by atoms with Crippen molar-refractivity contribution >= 4 is 29.2 Å². The Balaban J connectivity index is 1.93. The predicted molar refractivity (Wildman–Crippen MR) is 82.8 cm³/mol. The van der Waals surface area contributed by atoms with Crippen LogP contribution in [0.5, 0.6) is 0 Å². The van der Waals surface area contributed by atoms with E-state index in [2.05, 4.69) is 5.32 Å². The number of benzene rings is 1. The van der Waals surface area contributed by atoms with Crippen LogP contribution in [0.4, 0.5) is 11.4 Å². The molecule has 6 heteroatoms. The summed E-state index contributed by atoms with van der Waals surface area (Å²) in [5.74, 6) is -0.939. The first-order valence-corrected chi connectivity index (χ1v) is 7.49. The fourth-order valence-electron chi connectivity index (χ4n) is 2.49. The zero-order valence-electron chi connectivity index (χ0n) is 12.4. The summed E-state index contributed by atoms with van der Waals surface area (Å²) in [5, 5.41) is 11.4. The van der Waals surface area contributed by atoms with Crippen LogP contribution < -0.4 is 10.2 Å². The summed E-state index contributed by atoms with van der Waals surface area (Å²) in [5.41, 5.74) is 1.35. The highest BCUT2D eigenvalue weighted by Gasteiger charge is 2.24. The van der Waals surface area contributed by atoms with E-state index in [0.29, 0.717) is 31.5 Å².